The first-order valence-electron chi connectivity index (χ1n) is 7.78. The van der Waals surface area contributed by atoms with E-state index in [-0.39, 0.29) is 5.54 Å². The van der Waals surface area contributed by atoms with Crippen LogP contribution in [0.4, 0.5) is 5.95 Å². The van der Waals surface area contributed by atoms with Gasteiger partial charge in [-0.2, -0.15) is 0 Å². The predicted molar refractivity (Wildman–Crippen MR) is 83.9 cm³/mol. The molecule has 2 rings (SSSR count). The Balaban J connectivity index is 2.23. The molecule has 0 radical (unpaired) electrons. The number of rotatable bonds is 4. The van der Waals surface area contributed by atoms with Gasteiger partial charge in [-0.15, -0.1) is 0 Å². The Morgan fingerprint density at radius 2 is 2.20 bits per heavy atom. The second-order valence-electron chi connectivity index (χ2n) is 6.72. The zero-order valence-electron chi connectivity index (χ0n) is 13.2. The normalized spacial score (nSPS) is 26.8. The van der Waals surface area contributed by atoms with E-state index in [1.54, 1.807) is 0 Å². The minimum atomic E-state index is -0.0281. The van der Waals surface area contributed by atoms with Crippen molar-refractivity contribution in [1.82, 2.24) is 9.97 Å². The lowest BCUT2D eigenvalue weighted by molar-refractivity contribution is 0.262. The molecule has 0 aromatic carbocycles. The summed E-state index contributed by atoms with van der Waals surface area (Å²) in [6.45, 7) is 9.30. The van der Waals surface area contributed by atoms with Crippen molar-refractivity contribution in [2.75, 3.05) is 11.9 Å². The number of aromatic nitrogens is 2. The van der Waals surface area contributed by atoms with Crippen molar-refractivity contribution in [1.29, 1.82) is 0 Å². The van der Waals surface area contributed by atoms with Crippen LogP contribution in [0.5, 0.6) is 0 Å². The molecule has 0 spiro atoms. The molecule has 1 aliphatic rings. The van der Waals surface area contributed by atoms with Crippen molar-refractivity contribution in [3.8, 4) is 0 Å². The average Bonchev–Trinajstić information content (AvgIpc) is 2.38. The molecule has 0 aliphatic heterocycles. The van der Waals surface area contributed by atoms with Gasteiger partial charge in [-0.3, -0.25) is 0 Å². The van der Waals surface area contributed by atoms with Gasteiger partial charge in [0.15, 0.2) is 0 Å². The summed E-state index contributed by atoms with van der Waals surface area (Å²) in [6.07, 6.45) is 4.75. The van der Waals surface area contributed by atoms with Crippen LogP contribution in [-0.2, 0) is 0 Å². The van der Waals surface area contributed by atoms with Crippen LogP contribution in [0, 0.1) is 12.8 Å². The SMILES string of the molecule is Cc1cc(C(C)C)nc(NC2(CN)CCCC(C)C2)n1. The topological polar surface area (TPSA) is 63.8 Å². The average molecular weight is 276 g/mol. The van der Waals surface area contributed by atoms with Crippen molar-refractivity contribution in [3.63, 3.8) is 0 Å². The molecule has 1 aliphatic carbocycles. The Labute approximate surface area is 122 Å². The van der Waals surface area contributed by atoms with Crippen molar-refractivity contribution in [3.05, 3.63) is 17.5 Å². The molecule has 1 aromatic rings. The van der Waals surface area contributed by atoms with E-state index in [1.807, 2.05) is 6.92 Å². The second kappa shape index (κ2) is 6.08. The van der Waals surface area contributed by atoms with E-state index in [2.05, 4.69) is 42.1 Å². The molecule has 4 heteroatoms. The lowest BCUT2D eigenvalue weighted by Crippen LogP contribution is -2.49. The van der Waals surface area contributed by atoms with Crippen molar-refractivity contribution < 1.29 is 0 Å². The van der Waals surface area contributed by atoms with Crippen LogP contribution in [-0.4, -0.2) is 22.1 Å². The fourth-order valence-electron chi connectivity index (χ4n) is 3.19. The van der Waals surface area contributed by atoms with Crippen LogP contribution >= 0.6 is 0 Å². The van der Waals surface area contributed by atoms with Gasteiger partial charge in [0.1, 0.15) is 0 Å². The summed E-state index contributed by atoms with van der Waals surface area (Å²) in [5.41, 5.74) is 8.15. The Morgan fingerprint density at radius 3 is 2.80 bits per heavy atom. The number of nitrogens with zero attached hydrogens (tertiary/aromatic N) is 2. The highest BCUT2D eigenvalue weighted by Crippen LogP contribution is 2.33. The standard InChI is InChI=1S/C16H28N4/c1-11(2)14-8-13(4)18-15(19-14)20-16(10-17)7-5-6-12(3)9-16/h8,11-12H,5-7,9-10,17H2,1-4H3,(H,18,19,20). The largest absolute Gasteiger partial charge is 0.347 e. The fraction of sp³-hybridized carbons (Fsp3) is 0.750. The highest BCUT2D eigenvalue weighted by Gasteiger charge is 2.34. The Morgan fingerprint density at radius 1 is 1.45 bits per heavy atom. The maximum atomic E-state index is 6.07. The zero-order chi connectivity index (χ0) is 14.8. The number of nitrogens with two attached hydrogens (primary N) is 1. The lowest BCUT2D eigenvalue weighted by atomic mass is 9.76. The van der Waals surface area contributed by atoms with E-state index >= 15 is 0 Å². The Bertz CT molecular complexity index is 458. The van der Waals surface area contributed by atoms with Crippen LogP contribution in [0.2, 0.25) is 0 Å². The highest BCUT2D eigenvalue weighted by molar-refractivity contribution is 5.33. The van der Waals surface area contributed by atoms with E-state index in [0.29, 0.717) is 18.4 Å². The smallest absolute Gasteiger partial charge is 0.223 e. The number of anilines is 1. The van der Waals surface area contributed by atoms with Gasteiger partial charge in [-0.25, -0.2) is 9.97 Å². The zero-order valence-corrected chi connectivity index (χ0v) is 13.2. The van der Waals surface area contributed by atoms with Crippen LogP contribution < -0.4 is 11.1 Å². The van der Waals surface area contributed by atoms with Gasteiger partial charge in [-0.1, -0.05) is 33.6 Å². The molecule has 20 heavy (non-hydrogen) atoms. The van der Waals surface area contributed by atoms with Crippen molar-refractivity contribution in [2.24, 2.45) is 11.7 Å². The summed E-state index contributed by atoms with van der Waals surface area (Å²) in [5.74, 6) is 1.87. The number of hydrogen-bond donors (Lipinski definition) is 2. The summed E-state index contributed by atoms with van der Waals surface area (Å²) < 4.78 is 0. The van der Waals surface area contributed by atoms with Crippen LogP contribution in [0.1, 0.15) is 63.8 Å². The number of aryl methyl sites for hydroxylation is 1. The molecular formula is C16H28N4. The molecule has 4 nitrogen and oxygen atoms in total. The summed E-state index contributed by atoms with van der Waals surface area (Å²) >= 11 is 0. The molecule has 2 atom stereocenters. The van der Waals surface area contributed by atoms with Crippen LogP contribution in [0.3, 0.4) is 0 Å². The molecule has 0 saturated heterocycles. The fourth-order valence-corrected chi connectivity index (χ4v) is 3.19. The maximum absolute atomic E-state index is 6.07. The molecule has 112 valence electrons. The maximum Gasteiger partial charge on any atom is 0.223 e. The quantitative estimate of drug-likeness (QED) is 0.886. The molecule has 1 aromatic heterocycles. The van der Waals surface area contributed by atoms with Crippen molar-refractivity contribution >= 4 is 5.95 Å². The molecule has 1 fully saturated rings. The van der Waals surface area contributed by atoms with Crippen LogP contribution in [0.15, 0.2) is 6.07 Å². The van der Waals surface area contributed by atoms with Gasteiger partial charge < -0.3 is 11.1 Å². The van der Waals surface area contributed by atoms with Gasteiger partial charge in [-0.05, 0) is 37.7 Å². The molecule has 1 heterocycles. The first-order chi connectivity index (χ1) is 9.44. The Hall–Kier alpha value is -1.16. The first-order valence-corrected chi connectivity index (χ1v) is 7.78. The van der Waals surface area contributed by atoms with Gasteiger partial charge in [0.25, 0.3) is 0 Å². The van der Waals surface area contributed by atoms with E-state index in [1.165, 1.54) is 12.8 Å². The predicted octanol–water partition coefficient (Wildman–Crippen LogP) is 3.23. The molecule has 0 amide bonds. The van der Waals surface area contributed by atoms with E-state index in [9.17, 15) is 0 Å². The number of hydrogen-bond acceptors (Lipinski definition) is 4. The van der Waals surface area contributed by atoms with Crippen molar-refractivity contribution in [2.45, 2.75) is 64.8 Å². The van der Waals surface area contributed by atoms with Gasteiger partial charge in [0.05, 0.1) is 5.54 Å². The third kappa shape index (κ3) is 3.48. The second-order valence-corrected chi connectivity index (χ2v) is 6.72. The summed E-state index contributed by atoms with van der Waals surface area (Å²) in [7, 11) is 0. The van der Waals surface area contributed by atoms with Gasteiger partial charge >= 0.3 is 0 Å². The third-order valence-corrected chi connectivity index (χ3v) is 4.32. The highest BCUT2D eigenvalue weighted by atomic mass is 15.2. The first kappa shape index (κ1) is 15.2. The lowest BCUT2D eigenvalue weighted by Gasteiger charge is -2.40. The summed E-state index contributed by atoms with van der Waals surface area (Å²) in [5, 5.41) is 3.56. The van der Waals surface area contributed by atoms with E-state index < -0.39 is 0 Å². The monoisotopic (exact) mass is 276 g/mol. The summed E-state index contributed by atoms with van der Waals surface area (Å²) in [4.78, 5) is 9.22. The van der Waals surface area contributed by atoms with Gasteiger partial charge in [0, 0.05) is 17.9 Å². The molecule has 2 unspecified atom stereocenters. The Kier molecular flexibility index (Phi) is 4.63. The van der Waals surface area contributed by atoms with Gasteiger partial charge in [0.2, 0.25) is 5.95 Å². The molecule has 0 bridgehead atoms. The minimum Gasteiger partial charge on any atom is -0.347 e. The summed E-state index contributed by atoms with van der Waals surface area (Å²) in [6, 6.07) is 2.06. The molecule has 3 N–H and O–H groups in total. The molecule has 1 saturated carbocycles. The van der Waals surface area contributed by atoms with Crippen LogP contribution in [0.25, 0.3) is 0 Å². The third-order valence-electron chi connectivity index (χ3n) is 4.32. The van der Waals surface area contributed by atoms with E-state index in [0.717, 1.165) is 30.2 Å². The van der Waals surface area contributed by atoms with E-state index in [4.69, 9.17) is 5.73 Å². The minimum absolute atomic E-state index is 0.0281. The molecular weight excluding hydrogens is 248 g/mol. The number of nitrogens with one attached hydrogen (secondary N) is 1.